The van der Waals surface area contributed by atoms with Crippen molar-refractivity contribution in [2.45, 2.75) is 30.8 Å². The Balaban J connectivity index is 2.11. The van der Waals surface area contributed by atoms with Gasteiger partial charge in [-0.1, -0.05) is 47.8 Å². The molecule has 3 aromatic carbocycles. The molecule has 2 amide bonds. The second-order valence-corrected chi connectivity index (χ2v) is 11.9. The standard InChI is InChI=1S/C28H30Cl3N3O6S/c1-5-24(28(36)32-2)33(16-18-6-7-20(30)14-23(18)31)27(35)17-34(21-10-8-19(29)9-11-21)41(37,38)22-12-13-25(39-3)26(15-22)40-4/h6-15,24H,5,16-17H2,1-4H3,(H,32,36)/t24-/m0/s1. The Kier molecular flexibility index (Phi) is 11.1. The number of hydrogen-bond acceptors (Lipinski definition) is 6. The Bertz CT molecular complexity index is 1500. The Morgan fingerprint density at radius 1 is 0.902 bits per heavy atom. The largest absolute Gasteiger partial charge is 0.493 e. The van der Waals surface area contributed by atoms with Crippen LogP contribution in [0.15, 0.2) is 65.6 Å². The van der Waals surface area contributed by atoms with E-state index in [0.717, 1.165) is 4.31 Å². The highest BCUT2D eigenvalue weighted by molar-refractivity contribution is 7.92. The number of carbonyl (C=O) groups excluding carboxylic acids is 2. The zero-order chi connectivity index (χ0) is 30.3. The van der Waals surface area contributed by atoms with Crippen LogP contribution in [0.3, 0.4) is 0 Å². The number of nitrogens with zero attached hydrogens (tertiary/aromatic N) is 2. The normalized spacial score (nSPS) is 11.9. The number of benzene rings is 3. The predicted octanol–water partition coefficient (Wildman–Crippen LogP) is 5.41. The first-order chi connectivity index (χ1) is 19.5. The number of methoxy groups -OCH3 is 2. The molecule has 1 N–H and O–H groups in total. The van der Waals surface area contributed by atoms with Crippen LogP contribution in [-0.2, 0) is 26.2 Å². The maximum absolute atomic E-state index is 14.0. The number of rotatable bonds is 12. The van der Waals surface area contributed by atoms with E-state index in [4.69, 9.17) is 44.3 Å². The molecule has 41 heavy (non-hydrogen) atoms. The fraction of sp³-hybridized carbons (Fsp3) is 0.286. The van der Waals surface area contributed by atoms with Gasteiger partial charge in [-0.05, 0) is 60.5 Å². The first-order valence-corrected chi connectivity index (χ1v) is 15.0. The molecule has 0 heterocycles. The molecule has 0 bridgehead atoms. The smallest absolute Gasteiger partial charge is 0.264 e. The van der Waals surface area contributed by atoms with Crippen LogP contribution in [0.2, 0.25) is 15.1 Å². The first-order valence-electron chi connectivity index (χ1n) is 12.4. The van der Waals surface area contributed by atoms with Gasteiger partial charge in [0.15, 0.2) is 11.5 Å². The molecule has 0 aliphatic heterocycles. The van der Waals surface area contributed by atoms with Crippen LogP contribution >= 0.6 is 34.8 Å². The van der Waals surface area contributed by atoms with Gasteiger partial charge in [-0.3, -0.25) is 13.9 Å². The minimum Gasteiger partial charge on any atom is -0.493 e. The van der Waals surface area contributed by atoms with Gasteiger partial charge in [-0.15, -0.1) is 0 Å². The van der Waals surface area contributed by atoms with Gasteiger partial charge < -0.3 is 19.7 Å². The van der Waals surface area contributed by atoms with Crippen LogP contribution in [0.1, 0.15) is 18.9 Å². The van der Waals surface area contributed by atoms with Crippen molar-refractivity contribution in [1.82, 2.24) is 10.2 Å². The Hall–Kier alpha value is -3.18. The van der Waals surface area contributed by atoms with Gasteiger partial charge >= 0.3 is 0 Å². The first kappa shape index (κ1) is 32.3. The Morgan fingerprint density at radius 2 is 1.54 bits per heavy atom. The van der Waals surface area contributed by atoms with Crippen LogP contribution in [0, 0.1) is 0 Å². The van der Waals surface area contributed by atoms with Gasteiger partial charge in [0.05, 0.1) is 24.8 Å². The van der Waals surface area contributed by atoms with Crippen molar-refractivity contribution in [1.29, 1.82) is 0 Å². The predicted molar refractivity (Wildman–Crippen MR) is 161 cm³/mol. The van der Waals surface area contributed by atoms with Crippen molar-refractivity contribution in [3.05, 3.63) is 81.3 Å². The molecule has 0 unspecified atom stereocenters. The topological polar surface area (TPSA) is 105 Å². The lowest BCUT2D eigenvalue weighted by Crippen LogP contribution is -2.51. The average Bonchev–Trinajstić information content (AvgIpc) is 2.96. The number of nitrogens with one attached hydrogen (secondary N) is 1. The molecule has 13 heteroatoms. The van der Waals surface area contributed by atoms with Crippen molar-refractivity contribution in [3.63, 3.8) is 0 Å². The van der Waals surface area contributed by atoms with E-state index in [-0.39, 0.29) is 29.3 Å². The molecule has 0 fully saturated rings. The molecular weight excluding hydrogens is 613 g/mol. The van der Waals surface area contributed by atoms with E-state index in [9.17, 15) is 18.0 Å². The third kappa shape index (κ3) is 7.56. The molecule has 0 saturated carbocycles. The summed E-state index contributed by atoms with van der Waals surface area (Å²) in [6.45, 7) is 1.06. The van der Waals surface area contributed by atoms with E-state index in [2.05, 4.69) is 5.32 Å². The Morgan fingerprint density at radius 3 is 2.10 bits per heavy atom. The van der Waals surface area contributed by atoms with E-state index in [1.54, 1.807) is 19.1 Å². The molecule has 0 aliphatic rings. The summed E-state index contributed by atoms with van der Waals surface area (Å²) in [5.74, 6) is -0.513. The lowest BCUT2D eigenvalue weighted by atomic mass is 10.1. The fourth-order valence-corrected chi connectivity index (χ4v) is 6.18. The van der Waals surface area contributed by atoms with Crippen molar-refractivity contribution in [2.24, 2.45) is 0 Å². The molecule has 0 saturated heterocycles. The molecule has 0 aliphatic carbocycles. The zero-order valence-corrected chi connectivity index (χ0v) is 25.9. The van der Waals surface area contributed by atoms with Gasteiger partial charge in [0.1, 0.15) is 12.6 Å². The van der Waals surface area contributed by atoms with Crippen LogP contribution in [0.25, 0.3) is 0 Å². The summed E-state index contributed by atoms with van der Waals surface area (Å²) in [7, 11) is -0.0517. The summed E-state index contributed by atoms with van der Waals surface area (Å²) in [6.07, 6.45) is 0.264. The van der Waals surface area contributed by atoms with Gasteiger partial charge in [0.25, 0.3) is 10.0 Å². The average molecular weight is 643 g/mol. The number of halogens is 3. The molecule has 0 spiro atoms. The molecule has 220 valence electrons. The minimum absolute atomic E-state index is 0.0639. The third-order valence-corrected chi connectivity index (χ3v) is 8.93. The number of sulfonamides is 1. The highest BCUT2D eigenvalue weighted by Gasteiger charge is 2.34. The Labute approximate surface area is 254 Å². The van der Waals surface area contributed by atoms with Gasteiger partial charge in [-0.25, -0.2) is 8.42 Å². The number of amides is 2. The molecule has 3 aromatic rings. The van der Waals surface area contributed by atoms with Crippen LogP contribution in [0.4, 0.5) is 5.69 Å². The van der Waals surface area contributed by atoms with Gasteiger partial charge in [0.2, 0.25) is 11.8 Å². The lowest BCUT2D eigenvalue weighted by molar-refractivity contribution is -0.140. The van der Waals surface area contributed by atoms with Gasteiger partial charge in [0, 0.05) is 34.7 Å². The zero-order valence-electron chi connectivity index (χ0n) is 22.9. The maximum atomic E-state index is 14.0. The van der Waals surface area contributed by atoms with Crippen LogP contribution in [0.5, 0.6) is 11.5 Å². The van der Waals surface area contributed by atoms with Crippen molar-refractivity contribution < 1.29 is 27.5 Å². The highest BCUT2D eigenvalue weighted by atomic mass is 35.5. The van der Waals surface area contributed by atoms with E-state index < -0.39 is 34.4 Å². The third-order valence-electron chi connectivity index (χ3n) is 6.32. The number of hydrogen-bond donors (Lipinski definition) is 1. The number of likely N-dealkylation sites (N-methyl/N-ethyl adjacent to an activating group) is 1. The molecule has 0 radical (unpaired) electrons. The number of carbonyl (C=O) groups is 2. The second kappa shape index (κ2) is 14.1. The summed E-state index contributed by atoms with van der Waals surface area (Å²) >= 11 is 18.5. The fourth-order valence-electron chi connectivity index (χ4n) is 4.16. The number of ether oxygens (including phenoxy) is 2. The van der Waals surface area contributed by atoms with E-state index in [1.807, 2.05) is 0 Å². The monoisotopic (exact) mass is 641 g/mol. The van der Waals surface area contributed by atoms with E-state index in [0.29, 0.717) is 26.4 Å². The van der Waals surface area contributed by atoms with Crippen molar-refractivity contribution in [3.8, 4) is 11.5 Å². The summed E-state index contributed by atoms with van der Waals surface area (Å²) in [5.41, 5.74) is 0.725. The summed E-state index contributed by atoms with van der Waals surface area (Å²) < 4.78 is 39.6. The molecule has 9 nitrogen and oxygen atoms in total. The summed E-state index contributed by atoms with van der Waals surface area (Å²) in [6, 6.07) is 14.0. The van der Waals surface area contributed by atoms with E-state index in [1.165, 1.54) is 74.7 Å². The lowest BCUT2D eigenvalue weighted by Gasteiger charge is -2.33. The maximum Gasteiger partial charge on any atom is 0.264 e. The number of anilines is 1. The molecular formula is C28H30Cl3N3O6S. The summed E-state index contributed by atoms with van der Waals surface area (Å²) in [4.78, 5) is 28.0. The molecule has 1 atom stereocenters. The van der Waals surface area contributed by atoms with Crippen LogP contribution in [-0.4, -0.2) is 59.0 Å². The van der Waals surface area contributed by atoms with Gasteiger partial charge in [-0.2, -0.15) is 0 Å². The van der Waals surface area contributed by atoms with Crippen molar-refractivity contribution >= 4 is 62.3 Å². The quantitative estimate of drug-likeness (QED) is 0.283. The highest BCUT2D eigenvalue weighted by Crippen LogP contribution is 2.33. The van der Waals surface area contributed by atoms with Crippen molar-refractivity contribution in [2.75, 3.05) is 32.1 Å². The molecule has 3 rings (SSSR count). The van der Waals surface area contributed by atoms with Crippen LogP contribution < -0.4 is 19.1 Å². The SMILES string of the molecule is CC[C@@H](C(=O)NC)N(Cc1ccc(Cl)cc1Cl)C(=O)CN(c1ccc(Cl)cc1)S(=O)(=O)c1ccc(OC)c(OC)c1. The van der Waals surface area contributed by atoms with E-state index >= 15 is 0 Å². The minimum atomic E-state index is -4.33. The second-order valence-electron chi connectivity index (χ2n) is 8.80. The molecule has 0 aromatic heterocycles. The summed E-state index contributed by atoms with van der Waals surface area (Å²) in [5, 5.41) is 3.66.